The van der Waals surface area contributed by atoms with Crippen molar-refractivity contribution < 1.29 is 0 Å². The van der Waals surface area contributed by atoms with E-state index in [0.717, 1.165) is 38.3 Å². The van der Waals surface area contributed by atoms with Crippen molar-refractivity contribution in [3.63, 3.8) is 0 Å². The van der Waals surface area contributed by atoms with Gasteiger partial charge in [0.05, 0.1) is 9.26 Å². The predicted octanol–water partition coefficient (Wildman–Crippen LogP) is 4.99. The standard InChI is InChI=1S/C16H19BrIN3/c1-4-19-16-14(18)15(10(2)3)20-13(21-16)9-11-5-7-12(17)8-6-11/h5-8,10H,4,9H2,1-3H3,(H,19,20,21). The Hall–Kier alpha value is -0.690. The Labute approximate surface area is 148 Å². The molecule has 112 valence electrons. The number of aromatic nitrogens is 2. The van der Waals surface area contributed by atoms with Crippen molar-refractivity contribution in [1.29, 1.82) is 0 Å². The van der Waals surface area contributed by atoms with Gasteiger partial charge in [0, 0.05) is 17.4 Å². The van der Waals surface area contributed by atoms with Gasteiger partial charge in [-0.25, -0.2) is 9.97 Å². The number of anilines is 1. The van der Waals surface area contributed by atoms with Crippen LogP contribution in [0.4, 0.5) is 5.82 Å². The first kappa shape index (κ1) is 16.7. The number of benzene rings is 1. The van der Waals surface area contributed by atoms with E-state index in [2.05, 4.69) is 93.9 Å². The second-order valence-electron chi connectivity index (χ2n) is 5.18. The molecule has 0 aliphatic carbocycles. The molecule has 0 fully saturated rings. The molecule has 0 radical (unpaired) electrons. The fraction of sp³-hybridized carbons (Fsp3) is 0.375. The van der Waals surface area contributed by atoms with Crippen molar-refractivity contribution in [1.82, 2.24) is 9.97 Å². The summed E-state index contributed by atoms with van der Waals surface area (Å²) < 4.78 is 2.22. The molecule has 0 bridgehead atoms. The van der Waals surface area contributed by atoms with Gasteiger partial charge in [0.25, 0.3) is 0 Å². The van der Waals surface area contributed by atoms with Gasteiger partial charge >= 0.3 is 0 Å². The zero-order valence-electron chi connectivity index (χ0n) is 12.5. The van der Waals surface area contributed by atoms with Gasteiger partial charge in [-0.05, 0) is 53.1 Å². The average molecular weight is 460 g/mol. The summed E-state index contributed by atoms with van der Waals surface area (Å²) in [6, 6.07) is 8.31. The fourth-order valence-electron chi connectivity index (χ4n) is 2.04. The van der Waals surface area contributed by atoms with Gasteiger partial charge in [0.15, 0.2) is 0 Å². The van der Waals surface area contributed by atoms with Gasteiger partial charge in [0.1, 0.15) is 11.6 Å². The molecule has 1 N–H and O–H groups in total. The smallest absolute Gasteiger partial charge is 0.143 e. The largest absolute Gasteiger partial charge is 0.369 e. The molecule has 0 saturated heterocycles. The first-order valence-electron chi connectivity index (χ1n) is 7.05. The van der Waals surface area contributed by atoms with Gasteiger partial charge in [0.2, 0.25) is 0 Å². The molecule has 21 heavy (non-hydrogen) atoms. The third kappa shape index (κ3) is 4.39. The van der Waals surface area contributed by atoms with E-state index in [4.69, 9.17) is 4.98 Å². The van der Waals surface area contributed by atoms with E-state index < -0.39 is 0 Å². The highest BCUT2D eigenvalue weighted by atomic mass is 127. The Balaban J connectivity index is 2.36. The van der Waals surface area contributed by atoms with E-state index in [1.807, 2.05) is 0 Å². The zero-order valence-corrected chi connectivity index (χ0v) is 16.2. The van der Waals surface area contributed by atoms with Crippen molar-refractivity contribution in [2.24, 2.45) is 0 Å². The summed E-state index contributed by atoms with van der Waals surface area (Å²) >= 11 is 5.80. The molecule has 0 saturated carbocycles. The molecule has 0 unspecified atom stereocenters. The maximum atomic E-state index is 4.76. The number of hydrogen-bond acceptors (Lipinski definition) is 3. The lowest BCUT2D eigenvalue weighted by atomic mass is 10.1. The van der Waals surface area contributed by atoms with E-state index in [1.165, 1.54) is 5.56 Å². The fourth-order valence-corrected chi connectivity index (χ4v) is 3.36. The van der Waals surface area contributed by atoms with Crippen LogP contribution in [0.5, 0.6) is 0 Å². The number of rotatable bonds is 5. The lowest BCUT2D eigenvalue weighted by Crippen LogP contribution is -2.11. The van der Waals surface area contributed by atoms with Crippen LogP contribution in [0.1, 0.15) is 43.8 Å². The number of nitrogens with one attached hydrogen (secondary N) is 1. The summed E-state index contributed by atoms with van der Waals surface area (Å²) in [4.78, 5) is 9.44. The van der Waals surface area contributed by atoms with Gasteiger partial charge in [-0.3, -0.25) is 0 Å². The van der Waals surface area contributed by atoms with Crippen LogP contribution in [-0.4, -0.2) is 16.5 Å². The normalized spacial score (nSPS) is 11.0. The van der Waals surface area contributed by atoms with Crippen LogP contribution in [0.2, 0.25) is 0 Å². The van der Waals surface area contributed by atoms with Crippen molar-refractivity contribution in [2.45, 2.75) is 33.1 Å². The number of nitrogens with zero attached hydrogens (tertiary/aromatic N) is 2. The van der Waals surface area contributed by atoms with Crippen LogP contribution in [0.15, 0.2) is 28.7 Å². The van der Waals surface area contributed by atoms with Crippen LogP contribution in [0.25, 0.3) is 0 Å². The molecule has 3 nitrogen and oxygen atoms in total. The molecule has 0 atom stereocenters. The summed E-state index contributed by atoms with van der Waals surface area (Å²) in [5.74, 6) is 2.21. The third-order valence-electron chi connectivity index (χ3n) is 3.09. The molecule has 5 heteroatoms. The first-order chi connectivity index (χ1) is 10.0. The maximum Gasteiger partial charge on any atom is 0.143 e. The van der Waals surface area contributed by atoms with Gasteiger partial charge in [-0.1, -0.05) is 41.9 Å². The highest BCUT2D eigenvalue weighted by Crippen LogP contribution is 2.25. The van der Waals surface area contributed by atoms with Gasteiger partial charge in [-0.2, -0.15) is 0 Å². The lowest BCUT2D eigenvalue weighted by molar-refractivity contribution is 0.783. The van der Waals surface area contributed by atoms with Crippen LogP contribution in [0.3, 0.4) is 0 Å². The van der Waals surface area contributed by atoms with Crippen molar-refractivity contribution in [2.75, 3.05) is 11.9 Å². The van der Waals surface area contributed by atoms with Crippen LogP contribution in [0, 0.1) is 3.57 Å². The Morgan fingerprint density at radius 3 is 2.43 bits per heavy atom. The van der Waals surface area contributed by atoms with E-state index in [1.54, 1.807) is 0 Å². The Bertz CT molecular complexity index is 612. The van der Waals surface area contributed by atoms with E-state index in [9.17, 15) is 0 Å². The Morgan fingerprint density at radius 1 is 1.19 bits per heavy atom. The summed E-state index contributed by atoms with van der Waals surface area (Å²) in [6.07, 6.45) is 0.752. The van der Waals surface area contributed by atoms with Crippen LogP contribution < -0.4 is 5.32 Å². The van der Waals surface area contributed by atoms with Crippen molar-refractivity contribution >= 4 is 44.3 Å². The number of hydrogen-bond donors (Lipinski definition) is 1. The van der Waals surface area contributed by atoms with Gasteiger partial charge in [-0.15, -0.1) is 0 Å². The summed E-state index contributed by atoms with van der Waals surface area (Å²) in [7, 11) is 0. The molecule has 0 amide bonds. The highest BCUT2D eigenvalue weighted by Gasteiger charge is 2.14. The van der Waals surface area contributed by atoms with Gasteiger partial charge < -0.3 is 5.32 Å². The summed E-state index contributed by atoms with van der Waals surface area (Å²) in [5, 5.41) is 3.34. The Kier molecular flexibility index (Phi) is 5.98. The molecule has 2 rings (SSSR count). The second kappa shape index (κ2) is 7.54. The quantitative estimate of drug-likeness (QED) is 0.640. The average Bonchev–Trinajstić information content (AvgIpc) is 2.44. The lowest BCUT2D eigenvalue weighted by Gasteiger charge is -2.14. The summed E-state index contributed by atoms with van der Waals surface area (Å²) in [5.41, 5.74) is 2.34. The van der Waals surface area contributed by atoms with E-state index in [-0.39, 0.29) is 0 Å². The molecular weight excluding hydrogens is 441 g/mol. The monoisotopic (exact) mass is 459 g/mol. The minimum atomic E-state index is 0.390. The molecule has 1 aromatic carbocycles. The molecule has 2 aromatic rings. The topological polar surface area (TPSA) is 37.8 Å². The molecule has 0 spiro atoms. The number of halogens is 2. The molecular formula is C16H19BrIN3. The predicted molar refractivity (Wildman–Crippen MR) is 99.9 cm³/mol. The molecule has 1 aromatic heterocycles. The molecule has 1 heterocycles. The van der Waals surface area contributed by atoms with E-state index >= 15 is 0 Å². The minimum Gasteiger partial charge on any atom is -0.369 e. The molecule has 0 aliphatic heterocycles. The zero-order chi connectivity index (χ0) is 15.4. The SMILES string of the molecule is CCNc1nc(Cc2ccc(Br)cc2)nc(C(C)C)c1I. The Morgan fingerprint density at radius 2 is 1.86 bits per heavy atom. The second-order valence-corrected chi connectivity index (χ2v) is 7.17. The van der Waals surface area contributed by atoms with E-state index in [0.29, 0.717) is 5.92 Å². The van der Waals surface area contributed by atoms with Crippen molar-refractivity contribution in [3.8, 4) is 0 Å². The van der Waals surface area contributed by atoms with Crippen molar-refractivity contribution in [3.05, 3.63) is 49.4 Å². The third-order valence-corrected chi connectivity index (χ3v) is 4.68. The first-order valence-corrected chi connectivity index (χ1v) is 8.93. The summed E-state index contributed by atoms with van der Waals surface area (Å²) in [6.45, 7) is 7.29. The maximum absolute atomic E-state index is 4.76. The highest BCUT2D eigenvalue weighted by molar-refractivity contribution is 14.1. The minimum absolute atomic E-state index is 0.390. The molecule has 0 aliphatic rings. The van der Waals surface area contributed by atoms with Crippen LogP contribution >= 0.6 is 38.5 Å². The van der Waals surface area contributed by atoms with Crippen LogP contribution in [-0.2, 0) is 6.42 Å².